The molecule has 0 amide bonds. The van der Waals surface area contributed by atoms with E-state index in [0.717, 1.165) is 39.8 Å². The Labute approximate surface area is 386 Å². The van der Waals surface area contributed by atoms with E-state index < -0.39 is 0 Å². The van der Waals surface area contributed by atoms with Gasteiger partial charge in [-0.1, -0.05) is 137 Å². The van der Waals surface area contributed by atoms with E-state index in [9.17, 15) is 0 Å². The molecule has 0 unspecified atom stereocenters. The van der Waals surface area contributed by atoms with E-state index in [4.69, 9.17) is 0 Å². The van der Waals surface area contributed by atoms with Crippen molar-refractivity contribution in [1.82, 2.24) is 0 Å². The van der Waals surface area contributed by atoms with Crippen molar-refractivity contribution in [3.8, 4) is 22.3 Å². The molecule has 0 heterocycles. The zero-order chi connectivity index (χ0) is 45.2. The summed E-state index contributed by atoms with van der Waals surface area (Å²) in [5.41, 5.74) is 25.0. The van der Waals surface area contributed by atoms with E-state index in [1.807, 2.05) is 0 Å². The van der Waals surface area contributed by atoms with Crippen LogP contribution in [0.2, 0.25) is 0 Å². The van der Waals surface area contributed by atoms with E-state index in [2.05, 4.69) is 270 Å². The van der Waals surface area contributed by atoms with Crippen LogP contribution in [0.4, 0.5) is 51.2 Å². The summed E-state index contributed by atoms with van der Waals surface area (Å²) in [4.78, 5) is 7.09. The monoisotopic (exact) mass is 843 g/mol. The van der Waals surface area contributed by atoms with Crippen LogP contribution in [-0.4, -0.2) is 0 Å². The number of hydrogen-bond acceptors (Lipinski definition) is 3. The van der Waals surface area contributed by atoms with Gasteiger partial charge in [0.2, 0.25) is 0 Å². The Morgan fingerprint density at radius 1 is 0.200 bits per heavy atom. The Bertz CT molecular complexity index is 2880. The van der Waals surface area contributed by atoms with Crippen LogP contribution in [0, 0.1) is 55.4 Å². The smallest absolute Gasteiger partial charge is 0.0490 e. The Hall–Kier alpha value is -7.62. The molecule has 0 bridgehead atoms. The fourth-order valence-electron chi connectivity index (χ4n) is 9.05. The summed E-state index contributed by atoms with van der Waals surface area (Å²) in [5, 5.41) is 0. The van der Waals surface area contributed by atoms with Crippen molar-refractivity contribution in [2.24, 2.45) is 0 Å². The molecule has 9 rings (SSSR count). The van der Waals surface area contributed by atoms with Crippen LogP contribution in [0.3, 0.4) is 0 Å². The topological polar surface area (TPSA) is 9.72 Å². The highest BCUT2D eigenvalue weighted by atomic mass is 15.2. The molecule has 0 aliphatic carbocycles. The molecule has 320 valence electrons. The van der Waals surface area contributed by atoms with Crippen LogP contribution in [0.15, 0.2) is 200 Å². The first-order chi connectivity index (χ1) is 31.5. The van der Waals surface area contributed by atoms with Gasteiger partial charge in [0.05, 0.1) is 0 Å². The molecule has 0 saturated carbocycles. The maximum atomic E-state index is 2.38. The molecule has 0 fully saturated rings. The minimum atomic E-state index is 1.11. The van der Waals surface area contributed by atoms with Gasteiger partial charge in [-0.15, -0.1) is 0 Å². The first kappa shape index (κ1) is 42.7. The summed E-state index contributed by atoms with van der Waals surface area (Å²) in [7, 11) is 0. The first-order valence-electron chi connectivity index (χ1n) is 22.7. The van der Waals surface area contributed by atoms with Crippen molar-refractivity contribution in [1.29, 1.82) is 0 Å². The van der Waals surface area contributed by atoms with Crippen LogP contribution >= 0.6 is 0 Å². The van der Waals surface area contributed by atoms with Crippen LogP contribution < -0.4 is 14.7 Å². The minimum Gasteiger partial charge on any atom is -0.310 e. The molecule has 3 heteroatoms. The number of nitrogens with zero attached hydrogens (tertiary/aromatic N) is 3. The summed E-state index contributed by atoms with van der Waals surface area (Å²) in [5.74, 6) is 0. The summed E-state index contributed by atoms with van der Waals surface area (Å²) >= 11 is 0. The van der Waals surface area contributed by atoms with Crippen LogP contribution in [0.1, 0.15) is 44.5 Å². The van der Waals surface area contributed by atoms with Crippen molar-refractivity contribution >= 4 is 51.2 Å². The van der Waals surface area contributed by atoms with Gasteiger partial charge in [0, 0.05) is 51.2 Å². The molecule has 3 nitrogen and oxygen atoms in total. The number of aryl methyl sites for hydroxylation is 8. The highest BCUT2D eigenvalue weighted by molar-refractivity contribution is 5.84. The third kappa shape index (κ3) is 9.10. The largest absolute Gasteiger partial charge is 0.310 e. The fraction of sp³-hybridized carbons (Fsp3) is 0.129. The molecule has 0 aromatic heterocycles. The fourth-order valence-corrected chi connectivity index (χ4v) is 9.05. The lowest BCUT2D eigenvalue weighted by atomic mass is 10.0. The van der Waals surface area contributed by atoms with Gasteiger partial charge in [-0.25, -0.2) is 0 Å². The highest BCUT2D eigenvalue weighted by Crippen LogP contribution is 2.42. The molecule has 0 spiro atoms. The lowest BCUT2D eigenvalue weighted by Crippen LogP contribution is -2.11. The van der Waals surface area contributed by atoms with Gasteiger partial charge in [0.1, 0.15) is 0 Å². The number of anilines is 9. The predicted octanol–water partition coefficient (Wildman–Crippen LogP) is 17.9. The second kappa shape index (κ2) is 18.2. The molecule has 0 aliphatic rings. The molecule has 9 aromatic carbocycles. The Balaban J connectivity index is 1.00. The quantitative estimate of drug-likeness (QED) is 0.128. The standard InChI is InChI=1S/C62H57N3/c1-42-9-24-54(25-10-42)63(60-36-13-44(3)39-47(60)6)56-28-16-50(17-29-56)52-20-32-58(33-21-52)65(62-38-15-46(5)41-49(62)8)59-34-22-53(23-35-59)51-18-30-57(31-19-51)64(55-26-11-43(2)12-27-55)61-37-14-45(4)40-48(61)7/h9-41H,1-8H3. The second-order valence-corrected chi connectivity index (χ2v) is 17.7. The normalized spacial score (nSPS) is 11.1. The average molecular weight is 844 g/mol. The molecular formula is C62H57N3. The Kier molecular flexibility index (Phi) is 12.0. The Morgan fingerprint density at radius 3 is 0.585 bits per heavy atom. The summed E-state index contributed by atoms with van der Waals surface area (Å²) in [6, 6.07) is 73.6. The highest BCUT2D eigenvalue weighted by Gasteiger charge is 2.19. The van der Waals surface area contributed by atoms with Crippen molar-refractivity contribution in [2.45, 2.75) is 55.4 Å². The molecule has 9 aromatic rings. The number of benzene rings is 9. The maximum absolute atomic E-state index is 2.38. The number of hydrogen-bond donors (Lipinski definition) is 0. The van der Waals surface area contributed by atoms with Gasteiger partial charge >= 0.3 is 0 Å². The molecule has 65 heavy (non-hydrogen) atoms. The van der Waals surface area contributed by atoms with Crippen LogP contribution in [-0.2, 0) is 0 Å². The summed E-state index contributed by atoms with van der Waals surface area (Å²) < 4.78 is 0. The van der Waals surface area contributed by atoms with Crippen LogP contribution in [0.5, 0.6) is 0 Å². The Morgan fingerprint density at radius 2 is 0.385 bits per heavy atom. The maximum Gasteiger partial charge on any atom is 0.0490 e. The molecule has 0 saturated heterocycles. The zero-order valence-electron chi connectivity index (χ0n) is 38.9. The minimum absolute atomic E-state index is 1.11. The summed E-state index contributed by atoms with van der Waals surface area (Å²) in [6.45, 7) is 17.3. The third-order valence-electron chi connectivity index (χ3n) is 12.5. The SMILES string of the molecule is Cc1ccc(N(c2ccc(-c3ccc(N(c4ccc(-c5ccc(N(c6ccc(C)cc6)c6ccc(C)cc6C)cc5)cc4)c4ccc(C)cc4C)cc3)cc2)c2ccc(C)cc2C)cc1. The lowest BCUT2D eigenvalue weighted by molar-refractivity contribution is 1.23. The molecule has 0 N–H and O–H groups in total. The van der Waals surface area contributed by atoms with Gasteiger partial charge < -0.3 is 14.7 Å². The van der Waals surface area contributed by atoms with Crippen molar-refractivity contribution in [3.63, 3.8) is 0 Å². The van der Waals surface area contributed by atoms with E-state index in [1.54, 1.807) is 0 Å². The second-order valence-electron chi connectivity index (χ2n) is 17.7. The van der Waals surface area contributed by atoms with Gasteiger partial charge in [0.15, 0.2) is 0 Å². The molecule has 0 atom stereocenters. The average Bonchev–Trinajstić information content (AvgIpc) is 3.31. The molecule has 0 aliphatic heterocycles. The van der Waals surface area contributed by atoms with Crippen molar-refractivity contribution < 1.29 is 0 Å². The van der Waals surface area contributed by atoms with Gasteiger partial charge in [-0.05, 0) is 185 Å². The lowest BCUT2D eigenvalue weighted by Gasteiger charge is -2.28. The van der Waals surface area contributed by atoms with E-state index in [0.29, 0.717) is 0 Å². The molecular weight excluding hydrogens is 787 g/mol. The van der Waals surface area contributed by atoms with E-state index >= 15 is 0 Å². The van der Waals surface area contributed by atoms with Crippen LogP contribution in [0.25, 0.3) is 22.3 Å². The van der Waals surface area contributed by atoms with Crippen molar-refractivity contribution in [3.05, 3.63) is 245 Å². The predicted molar refractivity (Wildman–Crippen MR) is 279 cm³/mol. The summed E-state index contributed by atoms with van der Waals surface area (Å²) in [6.07, 6.45) is 0. The zero-order valence-corrected chi connectivity index (χ0v) is 38.9. The first-order valence-corrected chi connectivity index (χ1v) is 22.7. The van der Waals surface area contributed by atoms with E-state index in [1.165, 1.54) is 78.1 Å². The van der Waals surface area contributed by atoms with E-state index in [-0.39, 0.29) is 0 Å². The molecule has 0 radical (unpaired) electrons. The van der Waals surface area contributed by atoms with Gasteiger partial charge in [0.25, 0.3) is 0 Å². The number of rotatable bonds is 11. The van der Waals surface area contributed by atoms with Gasteiger partial charge in [-0.2, -0.15) is 0 Å². The van der Waals surface area contributed by atoms with Gasteiger partial charge in [-0.3, -0.25) is 0 Å². The third-order valence-corrected chi connectivity index (χ3v) is 12.5. The van der Waals surface area contributed by atoms with Crippen molar-refractivity contribution in [2.75, 3.05) is 14.7 Å².